The third-order valence-electron chi connectivity index (χ3n) is 4.69. The second kappa shape index (κ2) is 7.56. The monoisotopic (exact) mass is 362 g/mol. The number of hydrogen-bond donors (Lipinski definition) is 0. The van der Waals surface area contributed by atoms with E-state index in [1.807, 2.05) is 16.4 Å². The van der Waals surface area contributed by atoms with Crippen LogP contribution in [-0.2, 0) is 4.79 Å². The van der Waals surface area contributed by atoms with Crippen LogP contribution < -0.4 is 0 Å². The Morgan fingerprint density at radius 3 is 2.48 bits per heavy atom. The fourth-order valence-corrected chi connectivity index (χ4v) is 4.30. The van der Waals surface area contributed by atoms with Crippen LogP contribution in [0.4, 0.5) is 4.39 Å². The lowest BCUT2D eigenvalue weighted by Gasteiger charge is -2.39. The smallest absolute Gasteiger partial charge is 0.233 e. The van der Waals surface area contributed by atoms with Crippen molar-refractivity contribution in [1.82, 2.24) is 19.7 Å². The van der Waals surface area contributed by atoms with Crippen molar-refractivity contribution in [1.29, 1.82) is 0 Å². The molecular weight excluding hydrogens is 339 g/mol. The number of piperidine rings is 1. The van der Waals surface area contributed by atoms with Gasteiger partial charge in [-0.05, 0) is 64.3 Å². The SMILES string of the molecule is Cc1nnc(SCC(=O)N2[C@H](C)CCC[C@@H]2C)n1-c1ccc(F)cc1. The Morgan fingerprint density at radius 1 is 1.20 bits per heavy atom. The molecule has 2 heterocycles. The molecule has 5 nitrogen and oxygen atoms in total. The molecule has 0 aliphatic carbocycles. The molecule has 1 aromatic carbocycles. The standard InChI is InChI=1S/C18H23FN4OS/c1-12-5-4-6-13(2)22(12)17(24)11-25-18-21-20-14(3)23(18)16-9-7-15(19)8-10-16/h7-10,12-13H,4-6,11H2,1-3H3/t12-,13+. The zero-order valence-electron chi connectivity index (χ0n) is 14.8. The number of carbonyl (C=O) groups is 1. The molecule has 2 aromatic rings. The van der Waals surface area contributed by atoms with E-state index in [-0.39, 0.29) is 23.8 Å². The summed E-state index contributed by atoms with van der Waals surface area (Å²) >= 11 is 1.38. The highest BCUT2D eigenvalue weighted by atomic mass is 32.2. The zero-order valence-corrected chi connectivity index (χ0v) is 15.6. The summed E-state index contributed by atoms with van der Waals surface area (Å²) in [6, 6.07) is 6.76. The van der Waals surface area contributed by atoms with E-state index in [0.29, 0.717) is 16.7 Å². The van der Waals surface area contributed by atoms with Crippen LogP contribution in [0.25, 0.3) is 5.69 Å². The predicted molar refractivity (Wildman–Crippen MR) is 96.4 cm³/mol. The van der Waals surface area contributed by atoms with Gasteiger partial charge in [0, 0.05) is 17.8 Å². The van der Waals surface area contributed by atoms with Crippen molar-refractivity contribution < 1.29 is 9.18 Å². The molecule has 2 atom stereocenters. The van der Waals surface area contributed by atoms with Gasteiger partial charge in [0.1, 0.15) is 11.6 Å². The summed E-state index contributed by atoms with van der Waals surface area (Å²) in [5.41, 5.74) is 0.790. The van der Waals surface area contributed by atoms with Crippen molar-refractivity contribution >= 4 is 17.7 Å². The number of carbonyl (C=O) groups excluding carboxylic acids is 1. The molecule has 0 unspecified atom stereocenters. The number of thioether (sulfide) groups is 1. The van der Waals surface area contributed by atoms with Crippen LogP contribution >= 0.6 is 11.8 Å². The number of benzene rings is 1. The molecule has 3 rings (SSSR count). The van der Waals surface area contributed by atoms with Crippen LogP contribution in [0.2, 0.25) is 0 Å². The molecule has 7 heteroatoms. The maximum atomic E-state index is 13.2. The molecule has 1 saturated heterocycles. The summed E-state index contributed by atoms with van der Waals surface area (Å²) in [5, 5.41) is 8.94. The number of rotatable bonds is 4. The molecule has 134 valence electrons. The number of halogens is 1. The number of aromatic nitrogens is 3. The van der Waals surface area contributed by atoms with Crippen molar-refractivity contribution in [3.63, 3.8) is 0 Å². The Bertz CT molecular complexity index is 736. The topological polar surface area (TPSA) is 51.0 Å². The molecule has 0 spiro atoms. The Balaban J connectivity index is 1.74. The average molecular weight is 362 g/mol. The van der Waals surface area contributed by atoms with Crippen molar-refractivity contribution in [3.8, 4) is 5.69 Å². The number of hydrogen-bond acceptors (Lipinski definition) is 4. The first-order valence-electron chi connectivity index (χ1n) is 8.59. The molecule has 1 aliphatic rings. The zero-order chi connectivity index (χ0) is 18.0. The molecule has 0 saturated carbocycles. The average Bonchev–Trinajstić information content (AvgIpc) is 2.94. The highest BCUT2D eigenvalue weighted by molar-refractivity contribution is 7.99. The van der Waals surface area contributed by atoms with Gasteiger partial charge in [0.15, 0.2) is 5.16 Å². The number of nitrogens with zero attached hydrogens (tertiary/aromatic N) is 4. The van der Waals surface area contributed by atoms with Crippen LogP contribution in [0.5, 0.6) is 0 Å². The first kappa shape index (κ1) is 17.9. The third kappa shape index (κ3) is 3.86. The first-order valence-corrected chi connectivity index (χ1v) is 9.58. The van der Waals surface area contributed by atoms with E-state index in [9.17, 15) is 9.18 Å². The maximum absolute atomic E-state index is 13.2. The van der Waals surface area contributed by atoms with E-state index in [1.165, 1.54) is 30.3 Å². The third-order valence-corrected chi connectivity index (χ3v) is 5.60. The van der Waals surface area contributed by atoms with Crippen molar-refractivity contribution in [3.05, 3.63) is 35.9 Å². The van der Waals surface area contributed by atoms with Crippen LogP contribution in [0.15, 0.2) is 29.4 Å². The van der Waals surface area contributed by atoms with Gasteiger partial charge < -0.3 is 4.90 Å². The molecule has 0 N–H and O–H groups in total. The lowest BCUT2D eigenvalue weighted by molar-refractivity contribution is -0.134. The van der Waals surface area contributed by atoms with Gasteiger partial charge in [-0.1, -0.05) is 11.8 Å². The van der Waals surface area contributed by atoms with Crippen LogP contribution in [0.1, 0.15) is 38.9 Å². The molecule has 1 aromatic heterocycles. The van der Waals surface area contributed by atoms with Gasteiger partial charge in [-0.3, -0.25) is 9.36 Å². The number of amides is 1. The Kier molecular flexibility index (Phi) is 5.42. The van der Waals surface area contributed by atoms with E-state index >= 15 is 0 Å². The second-order valence-corrected chi connectivity index (χ2v) is 7.50. The van der Waals surface area contributed by atoms with E-state index in [2.05, 4.69) is 24.0 Å². The summed E-state index contributed by atoms with van der Waals surface area (Å²) in [5.74, 6) is 0.887. The van der Waals surface area contributed by atoms with Crippen LogP contribution in [0, 0.1) is 12.7 Å². The fraction of sp³-hybridized carbons (Fsp3) is 0.500. The summed E-state index contributed by atoms with van der Waals surface area (Å²) in [6.45, 7) is 6.07. The summed E-state index contributed by atoms with van der Waals surface area (Å²) in [4.78, 5) is 14.7. The molecule has 1 aliphatic heterocycles. The van der Waals surface area contributed by atoms with Gasteiger partial charge in [0.25, 0.3) is 0 Å². The molecule has 1 fully saturated rings. The van der Waals surface area contributed by atoms with Gasteiger partial charge in [-0.15, -0.1) is 10.2 Å². The van der Waals surface area contributed by atoms with E-state index in [4.69, 9.17) is 0 Å². The number of aryl methyl sites for hydroxylation is 1. The van der Waals surface area contributed by atoms with Gasteiger partial charge >= 0.3 is 0 Å². The Hall–Kier alpha value is -1.89. The fourth-order valence-electron chi connectivity index (χ4n) is 3.44. The minimum atomic E-state index is -0.285. The van der Waals surface area contributed by atoms with E-state index in [1.54, 1.807) is 12.1 Å². The Morgan fingerprint density at radius 2 is 1.84 bits per heavy atom. The number of likely N-dealkylation sites (tertiary alicyclic amines) is 1. The lowest BCUT2D eigenvalue weighted by atomic mass is 9.98. The summed E-state index contributed by atoms with van der Waals surface area (Å²) in [6.07, 6.45) is 3.30. The van der Waals surface area contributed by atoms with Gasteiger partial charge in [-0.2, -0.15) is 0 Å². The van der Waals surface area contributed by atoms with Crippen molar-refractivity contribution in [2.24, 2.45) is 0 Å². The van der Waals surface area contributed by atoms with Crippen LogP contribution in [-0.4, -0.2) is 43.4 Å². The lowest BCUT2D eigenvalue weighted by Crippen LogP contribution is -2.48. The highest BCUT2D eigenvalue weighted by Gasteiger charge is 2.29. The molecule has 1 amide bonds. The largest absolute Gasteiger partial charge is 0.337 e. The summed E-state index contributed by atoms with van der Waals surface area (Å²) in [7, 11) is 0. The van der Waals surface area contributed by atoms with E-state index in [0.717, 1.165) is 18.5 Å². The molecule has 25 heavy (non-hydrogen) atoms. The van der Waals surface area contributed by atoms with Gasteiger partial charge in [-0.25, -0.2) is 4.39 Å². The molecule has 0 radical (unpaired) electrons. The molecule has 0 bridgehead atoms. The maximum Gasteiger partial charge on any atom is 0.233 e. The predicted octanol–water partition coefficient (Wildman–Crippen LogP) is 3.60. The highest BCUT2D eigenvalue weighted by Crippen LogP contribution is 2.26. The van der Waals surface area contributed by atoms with Crippen molar-refractivity contribution in [2.45, 2.75) is 57.3 Å². The Labute approximate surface area is 151 Å². The van der Waals surface area contributed by atoms with Crippen molar-refractivity contribution in [2.75, 3.05) is 5.75 Å². The minimum absolute atomic E-state index is 0.135. The van der Waals surface area contributed by atoms with Gasteiger partial charge in [0.2, 0.25) is 5.91 Å². The van der Waals surface area contributed by atoms with Gasteiger partial charge in [0.05, 0.1) is 5.75 Å². The second-order valence-electron chi connectivity index (χ2n) is 6.56. The quantitative estimate of drug-likeness (QED) is 0.780. The summed E-state index contributed by atoms with van der Waals surface area (Å²) < 4.78 is 15.0. The molecular formula is C18H23FN4OS. The normalized spacial score (nSPS) is 20.7. The van der Waals surface area contributed by atoms with Crippen LogP contribution in [0.3, 0.4) is 0 Å². The first-order chi connectivity index (χ1) is 12.0. The van der Waals surface area contributed by atoms with E-state index < -0.39 is 0 Å². The minimum Gasteiger partial charge on any atom is -0.337 e.